The molecule has 0 aliphatic carbocycles. The minimum Gasteiger partial charge on any atom is -0.490 e. The first-order valence-electron chi connectivity index (χ1n) is 5.31. The fourth-order valence-electron chi connectivity index (χ4n) is 1.27. The molecule has 0 atom stereocenters. The van der Waals surface area contributed by atoms with E-state index in [1.54, 1.807) is 0 Å². The van der Waals surface area contributed by atoms with Crippen molar-refractivity contribution in [3.05, 3.63) is 23.8 Å². The van der Waals surface area contributed by atoms with Crippen LogP contribution in [-0.2, 0) is 0 Å². The maximum atomic E-state index is 8.61. The van der Waals surface area contributed by atoms with E-state index in [4.69, 9.17) is 14.6 Å². The second kappa shape index (κ2) is 6.76. The zero-order valence-electron chi connectivity index (χ0n) is 9.62. The molecule has 0 aliphatic rings. The highest BCUT2D eigenvalue weighted by atomic mass is 16.5. The Hall–Kier alpha value is -1.66. The molecule has 3 heteroatoms. The lowest BCUT2D eigenvalue weighted by atomic mass is 10.2. The molecule has 0 aliphatic heterocycles. The van der Waals surface area contributed by atoms with Crippen LogP contribution >= 0.6 is 0 Å². The summed E-state index contributed by atoms with van der Waals surface area (Å²) in [6, 6.07) is 5.49. The molecule has 86 valence electrons. The van der Waals surface area contributed by atoms with Crippen molar-refractivity contribution in [2.45, 2.75) is 13.8 Å². The summed E-state index contributed by atoms with van der Waals surface area (Å²) in [7, 11) is 0. The Kier molecular flexibility index (Phi) is 5.24. The Morgan fingerprint density at radius 3 is 2.44 bits per heavy atom. The molecule has 0 unspecified atom stereocenters. The SMILES string of the molecule is CCOc1ccc(C#CCO)cc1OCC. The van der Waals surface area contributed by atoms with Crippen LogP contribution in [0.3, 0.4) is 0 Å². The zero-order valence-corrected chi connectivity index (χ0v) is 9.62. The molecule has 3 nitrogen and oxygen atoms in total. The van der Waals surface area contributed by atoms with Crippen molar-refractivity contribution in [2.75, 3.05) is 19.8 Å². The highest BCUT2D eigenvalue weighted by Gasteiger charge is 2.04. The zero-order chi connectivity index (χ0) is 11.8. The normalized spacial score (nSPS) is 9.19. The molecule has 0 fully saturated rings. The van der Waals surface area contributed by atoms with E-state index in [-0.39, 0.29) is 6.61 Å². The summed E-state index contributed by atoms with van der Waals surface area (Å²) >= 11 is 0. The molecule has 0 radical (unpaired) electrons. The average molecular weight is 220 g/mol. The molecular formula is C13H16O3. The number of benzene rings is 1. The van der Waals surface area contributed by atoms with Gasteiger partial charge in [-0.1, -0.05) is 11.8 Å². The second-order valence-electron chi connectivity index (χ2n) is 2.99. The van der Waals surface area contributed by atoms with E-state index in [1.807, 2.05) is 32.0 Å². The Morgan fingerprint density at radius 2 is 1.81 bits per heavy atom. The smallest absolute Gasteiger partial charge is 0.162 e. The van der Waals surface area contributed by atoms with Crippen LogP contribution in [0.15, 0.2) is 18.2 Å². The van der Waals surface area contributed by atoms with Gasteiger partial charge in [0.15, 0.2) is 11.5 Å². The summed E-state index contributed by atoms with van der Waals surface area (Å²) in [6.07, 6.45) is 0. The van der Waals surface area contributed by atoms with Crippen molar-refractivity contribution in [3.8, 4) is 23.3 Å². The third-order valence-corrected chi connectivity index (χ3v) is 1.86. The van der Waals surface area contributed by atoms with Gasteiger partial charge in [0, 0.05) is 5.56 Å². The second-order valence-corrected chi connectivity index (χ2v) is 2.99. The highest BCUT2D eigenvalue weighted by Crippen LogP contribution is 2.28. The largest absolute Gasteiger partial charge is 0.490 e. The molecule has 0 heterocycles. The number of rotatable bonds is 4. The fourth-order valence-corrected chi connectivity index (χ4v) is 1.27. The van der Waals surface area contributed by atoms with Gasteiger partial charge in [-0.15, -0.1) is 0 Å². The van der Waals surface area contributed by atoms with Crippen molar-refractivity contribution < 1.29 is 14.6 Å². The predicted octanol–water partition coefficient (Wildman–Crippen LogP) is 1.83. The van der Waals surface area contributed by atoms with Crippen molar-refractivity contribution in [1.82, 2.24) is 0 Å². The van der Waals surface area contributed by atoms with Gasteiger partial charge in [0.1, 0.15) is 6.61 Å². The van der Waals surface area contributed by atoms with E-state index in [9.17, 15) is 0 Å². The van der Waals surface area contributed by atoms with Crippen LogP contribution in [0.25, 0.3) is 0 Å². The quantitative estimate of drug-likeness (QED) is 0.787. The van der Waals surface area contributed by atoms with Crippen molar-refractivity contribution in [3.63, 3.8) is 0 Å². The third-order valence-electron chi connectivity index (χ3n) is 1.86. The molecule has 1 aromatic rings. The summed E-state index contributed by atoms with van der Waals surface area (Å²) in [5, 5.41) is 8.61. The van der Waals surface area contributed by atoms with Crippen LogP contribution in [0.4, 0.5) is 0 Å². The minimum absolute atomic E-state index is 0.142. The van der Waals surface area contributed by atoms with Gasteiger partial charge in [0.05, 0.1) is 13.2 Å². The predicted molar refractivity (Wildman–Crippen MR) is 62.7 cm³/mol. The van der Waals surface area contributed by atoms with E-state index in [0.717, 1.165) is 11.3 Å². The first-order chi connectivity index (χ1) is 7.81. The molecule has 0 saturated heterocycles. The van der Waals surface area contributed by atoms with Gasteiger partial charge in [-0.2, -0.15) is 0 Å². The van der Waals surface area contributed by atoms with E-state index in [1.165, 1.54) is 0 Å². The van der Waals surface area contributed by atoms with Gasteiger partial charge < -0.3 is 14.6 Å². The average Bonchev–Trinajstić information content (AvgIpc) is 2.30. The van der Waals surface area contributed by atoms with Crippen LogP contribution in [-0.4, -0.2) is 24.9 Å². The van der Waals surface area contributed by atoms with Crippen molar-refractivity contribution in [1.29, 1.82) is 0 Å². The molecule has 0 saturated carbocycles. The lowest BCUT2D eigenvalue weighted by molar-refractivity contribution is 0.287. The minimum atomic E-state index is -0.142. The summed E-state index contributed by atoms with van der Waals surface area (Å²) in [5.74, 6) is 6.83. The van der Waals surface area contributed by atoms with Gasteiger partial charge in [0.2, 0.25) is 0 Å². The summed E-state index contributed by atoms with van der Waals surface area (Å²) in [4.78, 5) is 0. The highest BCUT2D eigenvalue weighted by molar-refractivity contribution is 5.48. The van der Waals surface area contributed by atoms with E-state index >= 15 is 0 Å². The van der Waals surface area contributed by atoms with Crippen LogP contribution in [0.5, 0.6) is 11.5 Å². The molecular weight excluding hydrogens is 204 g/mol. The summed E-state index contributed by atoms with van der Waals surface area (Å²) in [5.41, 5.74) is 0.806. The number of hydrogen-bond donors (Lipinski definition) is 1. The van der Waals surface area contributed by atoms with Crippen LogP contribution in [0.2, 0.25) is 0 Å². The molecule has 1 N–H and O–H groups in total. The van der Waals surface area contributed by atoms with Crippen LogP contribution in [0.1, 0.15) is 19.4 Å². The molecule has 0 spiro atoms. The van der Waals surface area contributed by atoms with Crippen molar-refractivity contribution >= 4 is 0 Å². The van der Waals surface area contributed by atoms with E-state index in [2.05, 4.69) is 11.8 Å². The van der Waals surface area contributed by atoms with Gasteiger partial charge in [-0.3, -0.25) is 0 Å². The standard InChI is InChI=1S/C13H16O3/c1-3-15-12-8-7-11(6-5-9-14)10-13(12)16-4-2/h7-8,10,14H,3-4,9H2,1-2H3. The molecule has 0 bridgehead atoms. The van der Waals surface area contributed by atoms with Crippen molar-refractivity contribution in [2.24, 2.45) is 0 Å². The van der Waals surface area contributed by atoms with Gasteiger partial charge >= 0.3 is 0 Å². The Bertz CT molecular complexity index is 388. The number of ether oxygens (including phenoxy) is 2. The monoisotopic (exact) mass is 220 g/mol. The van der Waals surface area contributed by atoms with Crippen LogP contribution in [0, 0.1) is 11.8 Å². The lowest BCUT2D eigenvalue weighted by Gasteiger charge is -2.10. The topological polar surface area (TPSA) is 38.7 Å². The number of aliphatic hydroxyl groups excluding tert-OH is 1. The van der Waals surface area contributed by atoms with E-state index in [0.29, 0.717) is 19.0 Å². The Labute approximate surface area is 96.0 Å². The first-order valence-corrected chi connectivity index (χ1v) is 5.31. The van der Waals surface area contributed by atoms with Crippen LogP contribution < -0.4 is 9.47 Å². The van der Waals surface area contributed by atoms with Gasteiger partial charge in [0.25, 0.3) is 0 Å². The fraction of sp³-hybridized carbons (Fsp3) is 0.385. The number of aliphatic hydroxyl groups is 1. The third kappa shape index (κ3) is 3.48. The maximum absolute atomic E-state index is 8.61. The summed E-state index contributed by atoms with van der Waals surface area (Å²) < 4.78 is 10.9. The molecule has 16 heavy (non-hydrogen) atoms. The lowest BCUT2D eigenvalue weighted by Crippen LogP contribution is -1.98. The maximum Gasteiger partial charge on any atom is 0.162 e. The molecule has 1 aromatic carbocycles. The van der Waals surface area contributed by atoms with Gasteiger partial charge in [-0.25, -0.2) is 0 Å². The van der Waals surface area contributed by atoms with E-state index < -0.39 is 0 Å². The van der Waals surface area contributed by atoms with Gasteiger partial charge in [-0.05, 0) is 32.0 Å². The summed E-state index contributed by atoms with van der Waals surface area (Å²) in [6.45, 7) is 4.88. The molecule has 0 aromatic heterocycles. The molecule has 1 rings (SSSR count). The first kappa shape index (κ1) is 12.4. The Balaban J connectivity index is 2.96. The Morgan fingerprint density at radius 1 is 1.12 bits per heavy atom. The number of hydrogen-bond acceptors (Lipinski definition) is 3. The molecule has 0 amide bonds.